The number of hydrogen-bond acceptors (Lipinski definition) is 3. The molecule has 1 aliphatic rings. The van der Waals surface area contributed by atoms with Crippen molar-refractivity contribution in [2.45, 2.75) is 25.8 Å². The Morgan fingerprint density at radius 1 is 1.45 bits per heavy atom. The molecule has 1 saturated heterocycles. The molecule has 0 bridgehead atoms. The van der Waals surface area contributed by atoms with Gasteiger partial charge < -0.3 is 14.5 Å². The first-order valence-corrected chi connectivity index (χ1v) is 7.08. The lowest BCUT2D eigenvalue weighted by Crippen LogP contribution is -2.38. The average molecular weight is 273 g/mol. The van der Waals surface area contributed by atoms with Gasteiger partial charge in [0.15, 0.2) is 0 Å². The maximum absolute atomic E-state index is 12.0. The summed E-state index contributed by atoms with van der Waals surface area (Å²) in [6.45, 7) is 3.24. The van der Waals surface area contributed by atoms with Crippen molar-refractivity contribution in [1.29, 1.82) is 0 Å². The topological polar surface area (TPSA) is 51.5 Å². The Labute approximate surface area is 118 Å². The minimum absolute atomic E-state index is 0.00752. The van der Waals surface area contributed by atoms with E-state index in [0.717, 1.165) is 23.2 Å². The van der Waals surface area contributed by atoms with Crippen molar-refractivity contribution in [2.24, 2.45) is 5.92 Å². The highest BCUT2D eigenvalue weighted by atomic mass is 16.5. The fraction of sp³-hybridized carbons (Fsp3) is 0.438. The lowest BCUT2D eigenvalue weighted by atomic mass is 10.1. The van der Waals surface area contributed by atoms with E-state index in [1.54, 1.807) is 0 Å². The zero-order valence-electron chi connectivity index (χ0n) is 11.6. The summed E-state index contributed by atoms with van der Waals surface area (Å²) in [7, 11) is 0. The van der Waals surface area contributed by atoms with Crippen molar-refractivity contribution in [3.05, 3.63) is 36.1 Å². The molecule has 3 rings (SSSR count). The van der Waals surface area contributed by atoms with Gasteiger partial charge in [-0.25, -0.2) is 0 Å². The van der Waals surface area contributed by atoms with E-state index in [4.69, 9.17) is 9.15 Å². The van der Waals surface area contributed by atoms with Crippen LogP contribution in [0.2, 0.25) is 0 Å². The molecule has 0 unspecified atom stereocenters. The minimum Gasteiger partial charge on any atom is -0.461 e. The number of carbonyl (C=O) groups excluding carboxylic acids is 1. The molecule has 2 aromatic rings. The first-order chi connectivity index (χ1) is 9.72. The second kappa shape index (κ2) is 5.67. The van der Waals surface area contributed by atoms with Gasteiger partial charge in [-0.3, -0.25) is 4.79 Å². The Balaban J connectivity index is 1.60. The van der Waals surface area contributed by atoms with Crippen molar-refractivity contribution in [2.75, 3.05) is 13.2 Å². The van der Waals surface area contributed by atoms with Gasteiger partial charge in [0.25, 0.3) is 0 Å². The van der Waals surface area contributed by atoms with Crippen LogP contribution in [0, 0.1) is 5.92 Å². The molecule has 4 nitrogen and oxygen atoms in total. The average Bonchev–Trinajstić information content (AvgIpc) is 3.07. The normalized spacial score (nSPS) is 20.1. The molecule has 2 heterocycles. The largest absolute Gasteiger partial charge is 0.461 e. The third-order valence-electron chi connectivity index (χ3n) is 3.67. The summed E-state index contributed by atoms with van der Waals surface area (Å²) in [5.41, 5.74) is 0.894. The van der Waals surface area contributed by atoms with Crippen molar-refractivity contribution >= 4 is 16.9 Å². The summed E-state index contributed by atoms with van der Waals surface area (Å²) >= 11 is 0. The number of fused-ring (bicyclic) bond motifs is 1. The van der Waals surface area contributed by atoms with E-state index in [9.17, 15) is 4.79 Å². The summed E-state index contributed by atoms with van der Waals surface area (Å²) in [5.74, 6) is 1.00. The molecule has 20 heavy (non-hydrogen) atoms. The number of para-hydroxylation sites is 1. The molecule has 0 saturated carbocycles. The molecule has 1 aromatic heterocycles. The van der Waals surface area contributed by atoms with Crippen LogP contribution in [0.1, 0.15) is 19.1 Å². The number of benzene rings is 1. The van der Waals surface area contributed by atoms with Gasteiger partial charge in [-0.05, 0) is 25.5 Å². The van der Waals surface area contributed by atoms with Crippen molar-refractivity contribution in [1.82, 2.24) is 5.32 Å². The van der Waals surface area contributed by atoms with Crippen LogP contribution in [0.3, 0.4) is 0 Å². The van der Waals surface area contributed by atoms with Gasteiger partial charge in [-0.15, -0.1) is 0 Å². The van der Waals surface area contributed by atoms with Gasteiger partial charge in [0.1, 0.15) is 11.3 Å². The zero-order chi connectivity index (χ0) is 13.9. The van der Waals surface area contributed by atoms with Gasteiger partial charge in [-0.1, -0.05) is 18.2 Å². The molecule has 1 fully saturated rings. The third-order valence-corrected chi connectivity index (χ3v) is 3.67. The van der Waals surface area contributed by atoms with Gasteiger partial charge >= 0.3 is 0 Å². The number of furan rings is 1. The molecule has 2 atom stereocenters. The smallest absolute Gasteiger partial charge is 0.225 e. The quantitative estimate of drug-likeness (QED) is 0.931. The Kier molecular flexibility index (Phi) is 3.74. The molecule has 4 heteroatoms. The highest BCUT2D eigenvalue weighted by molar-refractivity contribution is 5.79. The number of amides is 1. The van der Waals surface area contributed by atoms with Gasteiger partial charge in [0, 0.05) is 24.5 Å². The summed E-state index contributed by atoms with van der Waals surface area (Å²) in [5, 5.41) is 4.14. The Morgan fingerprint density at radius 3 is 3.05 bits per heavy atom. The van der Waals surface area contributed by atoms with E-state index in [1.165, 1.54) is 0 Å². The second-order valence-corrected chi connectivity index (χ2v) is 5.42. The van der Waals surface area contributed by atoms with Crippen molar-refractivity contribution in [3.8, 4) is 0 Å². The summed E-state index contributed by atoms with van der Waals surface area (Å²) < 4.78 is 11.0. The summed E-state index contributed by atoms with van der Waals surface area (Å²) in [4.78, 5) is 12.0. The minimum atomic E-state index is 0.00752. The lowest BCUT2D eigenvalue weighted by Gasteiger charge is -2.15. The number of rotatable bonds is 4. The van der Waals surface area contributed by atoms with Crippen LogP contribution in [0.4, 0.5) is 0 Å². The fourth-order valence-corrected chi connectivity index (χ4v) is 2.59. The van der Waals surface area contributed by atoms with E-state index in [1.807, 2.05) is 37.3 Å². The van der Waals surface area contributed by atoms with Crippen molar-refractivity contribution < 1.29 is 13.9 Å². The van der Waals surface area contributed by atoms with Crippen LogP contribution in [-0.4, -0.2) is 25.2 Å². The van der Waals surface area contributed by atoms with E-state index >= 15 is 0 Å². The number of ether oxygens (including phenoxy) is 1. The monoisotopic (exact) mass is 273 g/mol. The first-order valence-electron chi connectivity index (χ1n) is 7.08. The van der Waals surface area contributed by atoms with E-state index in [-0.39, 0.29) is 17.9 Å². The standard InChI is InChI=1S/C16H19NO3/c1-11(17-16(18)13-6-7-19-10-13)8-14-9-12-4-2-3-5-15(12)20-14/h2-5,9,11,13H,6-8,10H2,1H3,(H,17,18)/t11-,13-/m0/s1. The molecule has 0 spiro atoms. The molecule has 0 aliphatic carbocycles. The summed E-state index contributed by atoms with van der Waals surface area (Å²) in [6.07, 6.45) is 1.52. The van der Waals surface area contributed by atoms with Crippen LogP contribution in [-0.2, 0) is 16.0 Å². The van der Waals surface area contributed by atoms with E-state index in [0.29, 0.717) is 19.6 Å². The molecular formula is C16H19NO3. The molecule has 106 valence electrons. The Bertz CT molecular complexity index is 566. The summed E-state index contributed by atoms with van der Waals surface area (Å²) in [6, 6.07) is 10.0. The van der Waals surface area contributed by atoms with Gasteiger partial charge in [-0.2, -0.15) is 0 Å². The molecule has 1 amide bonds. The van der Waals surface area contributed by atoms with Gasteiger partial charge in [0.05, 0.1) is 12.5 Å². The lowest BCUT2D eigenvalue weighted by molar-refractivity contribution is -0.125. The highest BCUT2D eigenvalue weighted by Gasteiger charge is 2.24. The SMILES string of the molecule is C[C@@H](Cc1cc2ccccc2o1)NC(=O)[C@H]1CCOC1. The molecule has 1 N–H and O–H groups in total. The molecule has 0 radical (unpaired) electrons. The Morgan fingerprint density at radius 2 is 2.30 bits per heavy atom. The predicted octanol–water partition coefficient (Wildman–Crippen LogP) is 2.52. The number of nitrogens with one attached hydrogen (secondary N) is 1. The van der Waals surface area contributed by atoms with Crippen LogP contribution < -0.4 is 5.32 Å². The van der Waals surface area contributed by atoms with Crippen LogP contribution in [0.15, 0.2) is 34.7 Å². The molecular weight excluding hydrogens is 254 g/mol. The maximum Gasteiger partial charge on any atom is 0.225 e. The van der Waals surface area contributed by atoms with E-state index < -0.39 is 0 Å². The predicted molar refractivity (Wildman–Crippen MR) is 76.4 cm³/mol. The second-order valence-electron chi connectivity index (χ2n) is 5.42. The Hall–Kier alpha value is -1.81. The number of carbonyl (C=O) groups is 1. The van der Waals surface area contributed by atoms with Crippen LogP contribution in [0.25, 0.3) is 11.0 Å². The van der Waals surface area contributed by atoms with Gasteiger partial charge in [0.2, 0.25) is 5.91 Å². The highest BCUT2D eigenvalue weighted by Crippen LogP contribution is 2.20. The van der Waals surface area contributed by atoms with E-state index in [2.05, 4.69) is 5.32 Å². The maximum atomic E-state index is 12.0. The molecule has 1 aliphatic heterocycles. The van der Waals surface area contributed by atoms with Crippen molar-refractivity contribution in [3.63, 3.8) is 0 Å². The zero-order valence-corrected chi connectivity index (χ0v) is 11.6. The first kappa shape index (κ1) is 13.2. The molecule has 1 aromatic carbocycles. The van der Waals surface area contributed by atoms with Crippen LogP contribution >= 0.6 is 0 Å². The number of hydrogen-bond donors (Lipinski definition) is 1. The fourth-order valence-electron chi connectivity index (χ4n) is 2.59. The van der Waals surface area contributed by atoms with Crippen LogP contribution in [0.5, 0.6) is 0 Å². The third kappa shape index (κ3) is 2.85.